The maximum atomic E-state index is 13.5. The number of rotatable bonds is 9. The molecule has 0 aliphatic carbocycles. The molecule has 0 bridgehead atoms. The Morgan fingerprint density at radius 2 is 1.65 bits per heavy atom. The van der Waals surface area contributed by atoms with E-state index in [-0.39, 0.29) is 36.0 Å². The van der Waals surface area contributed by atoms with E-state index in [9.17, 15) is 14.7 Å². The first-order valence-electron chi connectivity index (χ1n) is 13.4. The lowest BCUT2D eigenvalue weighted by molar-refractivity contribution is -0.140. The molecule has 0 spiro atoms. The molecule has 3 aromatic carbocycles. The van der Waals surface area contributed by atoms with E-state index < -0.39 is 17.7 Å². The highest BCUT2D eigenvalue weighted by molar-refractivity contribution is 6.46. The third kappa shape index (κ3) is 6.20. The SMILES string of the molecule is COc1ccc(/C(O)=C2\C(=O)C(=O)N(CCOC(C)C)C2c2cccc(Oc3ccccc3)c2)cc1C(C)(C)C. The van der Waals surface area contributed by atoms with E-state index in [0.717, 1.165) is 5.56 Å². The minimum absolute atomic E-state index is 0.0245. The van der Waals surface area contributed by atoms with Gasteiger partial charge in [0.15, 0.2) is 0 Å². The summed E-state index contributed by atoms with van der Waals surface area (Å²) in [5.41, 5.74) is 1.68. The number of Topliss-reactive ketones (excluding diaryl/α,β-unsaturated/α-hetero) is 1. The average Bonchev–Trinajstić information content (AvgIpc) is 3.17. The molecular weight excluding hydrogens is 506 g/mol. The molecule has 0 saturated carbocycles. The number of ketones is 1. The van der Waals surface area contributed by atoms with Crippen LogP contribution in [0.15, 0.2) is 78.4 Å². The van der Waals surface area contributed by atoms with Crippen molar-refractivity contribution >= 4 is 17.4 Å². The van der Waals surface area contributed by atoms with Gasteiger partial charge in [0.05, 0.1) is 31.4 Å². The number of amides is 1. The Bertz CT molecular complexity index is 1400. The van der Waals surface area contributed by atoms with Crippen molar-refractivity contribution in [2.75, 3.05) is 20.3 Å². The summed E-state index contributed by atoms with van der Waals surface area (Å²) in [5, 5.41) is 11.6. The summed E-state index contributed by atoms with van der Waals surface area (Å²) in [4.78, 5) is 28.3. The summed E-state index contributed by atoms with van der Waals surface area (Å²) in [6, 6.07) is 21.0. The van der Waals surface area contributed by atoms with Crippen LogP contribution >= 0.6 is 0 Å². The van der Waals surface area contributed by atoms with Gasteiger partial charge in [0.2, 0.25) is 0 Å². The molecule has 0 aromatic heterocycles. The monoisotopic (exact) mass is 543 g/mol. The molecule has 7 heteroatoms. The first kappa shape index (κ1) is 28.9. The summed E-state index contributed by atoms with van der Waals surface area (Å²) in [5.74, 6) is 0.224. The Morgan fingerprint density at radius 3 is 2.30 bits per heavy atom. The number of ether oxygens (including phenoxy) is 3. The maximum Gasteiger partial charge on any atom is 0.295 e. The van der Waals surface area contributed by atoms with Crippen LogP contribution in [0, 0.1) is 0 Å². The zero-order valence-corrected chi connectivity index (χ0v) is 23.9. The van der Waals surface area contributed by atoms with Crippen LogP contribution in [0.5, 0.6) is 17.2 Å². The van der Waals surface area contributed by atoms with E-state index in [1.165, 1.54) is 4.90 Å². The molecule has 210 valence electrons. The van der Waals surface area contributed by atoms with Gasteiger partial charge in [-0.05, 0) is 67.3 Å². The number of benzene rings is 3. The third-order valence-electron chi connectivity index (χ3n) is 6.76. The maximum absolute atomic E-state index is 13.5. The molecule has 1 fully saturated rings. The van der Waals surface area contributed by atoms with Gasteiger partial charge in [0, 0.05) is 17.7 Å². The van der Waals surface area contributed by atoms with Crippen molar-refractivity contribution in [1.29, 1.82) is 0 Å². The molecule has 4 rings (SSSR count). The van der Waals surface area contributed by atoms with Crippen molar-refractivity contribution in [3.05, 3.63) is 95.1 Å². The van der Waals surface area contributed by atoms with Crippen LogP contribution in [0.25, 0.3) is 5.76 Å². The summed E-state index contributed by atoms with van der Waals surface area (Å²) in [6.07, 6.45) is -0.0343. The molecule has 1 aliphatic rings. The fourth-order valence-corrected chi connectivity index (χ4v) is 4.81. The molecule has 1 N–H and O–H groups in total. The van der Waals surface area contributed by atoms with Crippen LogP contribution in [-0.2, 0) is 19.7 Å². The Morgan fingerprint density at radius 1 is 0.950 bits per heavy atom. The van der Waals surface area contributed by atoms with Crippen LogP contribution in [0.1, 0.15) is 57.4 Å². The fraction of sp³-hybridized carbons (Fsp3) is 0.333. The van der Waals surface area contributed by atoms with Gasteiger partial charge in [-0.15, -0.1) is 0 Å². The van der Waals surface area contributed by atoms with Gasteiger partial charge in [-0.2, -0.15) is 0 Å². The lowest BCUT2D eigenvalue weighted by Gasteiger charge is -2.26. The minimum Gasteiger partial charge on any atom is -0.507 e. The number of hydrogen-bond donors (Lipinski definition) is 1. The van der Waals surface area contributed by atoms with E-state index in [1.54, 1.807) is 25.3 Å². The largest absolute Gasteiger partial charge is 0.507 e. The van der Waals surface area contributed by atoms with Crippen LogP contribution in [-0.4, -0.2) is 48.1 Å². The molecule has 1 unspecified atom stereocenters. The zero-order valence-electron chi connectivity index (χ0n) is 23.9. The summed E-state index contributed by atoms with van der Waals surface area (Å²) in [7, 11) is 1.60. The lowest BCUT2D eigenvalue weighted by Crippen LogP contribution is -2.33. The second-order valence-electron chi connectivity index (χ2n) is 11.1. The molecule has 40 heavy (non-hydrogen) atoms. The minimum atomic E-state index is -0.824. The molecule has 1 aliphatic heterocycles. The van der Waals surface area contributed by atoms with E-state index in [4.69, 9.17) is 14.2 Å². The van der Waals surface area contributed by atoms with Gasteiger partial charge in [-0.1, -0.05) is 51.1 Å². The van der Waals surface area contributed by atoms with Crippen LogP contribution < -0.4 is 9.47 Å². The lowest BCUT2D eigenvalue weighted by atomic mass is 9.84. The smallest absolute Gasteiger partial charge is 0.295 e. The first-order chi connectivity index (χ1) is 19.0. The number of aliphatic hydroxyl groups excluding tert-OH is 1. The number of methoxy groups -OCH3 is 1. The van der Waals surface area contributed by atoms with E-state index in [0.29, 0.717) is 28.4 Å². The van der Waals surface area contributed by atoms with Crippen LogP contribution in [0.4, 0.5) is 0 Å². The third-order valence-corrected chi connectivity index (χ3v) is 6.76. The summed E-state index contributed by atoms with van der Waals surface area (Å²) >= 11 is 0. The predicted molar refractivity (Wildman–Crippen MR) is 155 cm³/mol. The number of likely N-dealkylation sites (tertiary alicyclic amines) is 1. The molecule has 1 saturated heterocycles. The van der Waals surface area contributed by atoms with Gasteiger partial charge in [-0.3, -0.25) is 9.59 Å². The Balaban J connectivity index is 1.83. The highest BCUT2D eigenvalue weighted by Crippen LogP contribution is 2.42. The quantitative estimate of drug-likeness (QED) is 0.185. The van der Waals surface area contributed by atoms with Crippen LogP contribution in [0.2, 0.25) is 0 Å². The highest BCUT2D eigenvalue weighted by atomic mass is 16.5. The topological polar surface area (TPSA) is 85.3 Å². The van der Waals surface area contributed by atoms with Gasteiger partial charge in [-0.25, -0.2) is 0 Å². The Hall–Kier alpha value is -4.10. The number of para-hydroxylation sites is 1. The Labute approximate surface area is 236 Å². The average molecular weight is 544 g/mol. The van der Waals surface area contributed by atoms with Crippen molar-refractivity contribution < 1.29 is 28.9 Å². The zero-order chi connectivity index (χ0) is 29.0. The summed E-state index contributed by atoms with van der Waals surface area (Å²) < 4.78 is 17.3. The number of nitrogens with zero attached hydrogens (tertiary/aromatic N) is 1. The van der Waals surface area contributed by atoms with Crippen molar-refractivity contribution in [2.45, 2.75) is 52.2 Å². The van der Waals surface area contributed by atoms with Crippen molar-refractivity contribution in [2.24, 2.45) is 0 Å². The molecule has 1 atom stereocenters. The molecule has 0 radical (unpaired) electrons. The van der Waals surface area contributed by atoms with Gasteiger partial charge in [0.25, 0.3) is 11.7 Å². The number of hydrogen-bond acceptors (Lipinski definition) is 6. The second kappa shape index (κ2) is 12.0. The van der Waals surface area contributed by atoms with Gasteiger partial charge in [0.1, 0.15) is 23.0 Å². The molecule has 1 heterocycles. The van der Waals surface area contributed by atoms with Crippen molar-refractivity contribution in [3.63, 3.8) is 0 Å². The van der Waals surface area contributed by atoms with E-state index >= 15 is 0 Å². The Kier molecular flexibility index (Phi) is 8.64. The second-order valence-corrected chi connectivity index (χ2v) is 11.1. The normalized spacial score (nSPS) is 17.0. The molecule has 7 nitrogen and oxygen atoms in total. The van der Waals surface area contributed by atoms with Crippen molar-refractivity contribution in [1.82, 2.24) is 4.90 Å². The predicted octanol–water partition coefficient (Wildman–Crippen LogP) is 6.63. The molecule has 3 aromatic rings. The van der Waals surface area contributed by atoms with E-state index in [2.05, 4.69) is 0 Å². The first-order valence-corrected chi connectivity index (χ1v) is 13.4. The number of carbonyl (C=O) groups is 2. The van der Waals surface area contributed by atoms with Crippen LogP contribution in [0.3, 0.4) is 0 Å². The van der Waals surface area contributed by atoms with Gasteiger partial charge >= 0.3 is 0 Å². The van der Waals surface area contributed by atoms with Gasteiger partial charge < -0.3 is 24.2 Å². The number of aliphatic hydroxyl groups is 1. The molecule has 1 amide bonds. The molecular formula is C33H37NO6. The number of carbonyl (C=O) groups excluding carboxylic acids is 2. The summed E-state index contributed by atoms with van der Waals surface area (Å²) in [6.45, 7) is 10.4. The van der Waals surface area contributed by atoms with Crippen molar-refractivity contribution in [3.8, 4) is 17.2 Å². The standard InChI is InChI=1S/C33H37NO6/c1-21(2)39-18-17-34-29(22-11-10-14-25(19-22)40-24-12-8-7-9-13-24)28(31(36)32(34)37)30(35)23-15-16-27(38-6)26(20-23)33(3,4)5/h7-16,19-21,29,35H,17-18H2,1-6H3/b30-28+. The highest BCUT2D eigenvalue weighted by Gasteiger charge is 2.46. The fourth-order valence-electron chi connectivity index (χ4n) is 4.81. The van der Waals surface area contributed by atoms with E-state index in [1.807, 2.05) is 89.2 Å².